The lowest BCUT2D eigenvalue weighted by atomic mass is 10.0. The van der Waals surface area contributed by atoms with Crippen LogP contribution in [-0.4, -0.2) is 40.0 Å². The molecule has 2 aromatic rings. The number of aromatic amines is 1. The van der Waals surface area contributed by atoms with Crippen LogP contribution in [0.25, 0.3) is 11.3 Å². The van der Waals surface area contributed by atoms with Crippen LogP contribution >= 0.6 is 0 Å². The van der Waals surface area contributed by atoms with Crippen LogP contribution in [0.5, 0.6) is 0 Å². The molecule has 1 aromatic carbocycles. The predicted molar refractivity (Wildman–Crippen MR) is 90.9 cm³/mol. The predicted octanol–water partition coefficient (Wildman–Crippen LogP) is 2.01. The molecule has 0 atom stereocenters. The number of nitrogens with zero attached hydrogens (tertiary/aromatic N) is 2. The molecular weight excluding hydrogens is 342 g/mol. The lowest BCUT2D eigenvalue weighted by Crippen LogP contribution is -2.43. The maximum absolute atomic E-state index is 13.5. The summed E-state index contributed by atoms with van der Waals surface area (Å²) in [6.07, 6.45) is 0.579. The average molecular weight is 362 g/mol. The van der Waals surface area contributed by atoms with Gasteiger partial charge in [0.05, 0.1) is 12.2 Å². The molecule has 0 aliphatic carbocycles. The second-order valence-corrected chi connectivity index (χ2v) is 6.60. The fraction of sp³-hybridized carbons (Fsp3) is 0.389. The quantitative estimate of drug-likeness (QED) is 0.873. The summed E-state index contributed by atoms with van der Waals surface area (Å²) < 4.78 is 26.7. The van der Waals surface area contributed by atoms with Crippen molar-refractivity contribution in [3.8, 4) is 11.3 Å². The van der Waals surface area contributed by atoms with Crippen molar-refractivity contribution in [2.75, 3.05) is 13.1 Å². The standard InChI is InChI=1S/C18H20F2N4O2/c1-10(2)18(26)21-8-16(25)24-6-5-15-12(9-24)17(23-22-15)11-3-4-13(19)14(20)7-11/h3-4,7,10H,5-6,8-9H2,1-2H3,(H,21,26)(H,22,23). The molecule has 2 amide bonds. The number of aromatic nitrogens is 2. The molecule has 3 rings (SSSR count). The Hall–Kier alpha value is -2.77. The van der Waals surface area contributed by atoms with Crippen LogP contribution in [0.2, 0.25) is 0 Å². The Labute approximate surface area is 149 Å². The minimum atomic E-state index is -0.945. The zero-order valence-electron chi connectivity index (χ0n) is 14.6. The van der Waals surface area contributed by atoms with Crippen molar-refractivity contribution in [1.82, 2.24) is 20.4 Å². The van der Waals surface area contributed by atoms with Crippen LogP contribution < -0.4 is 5.32 Å². The normalized spacial score (nSPS) is 13.7. The molecule has 0 fully saturated rings. The van der Waals surface area contributed by atoms with Crippen molar-refractivity contribution in [1.29, 1.82) is 0 Å². The fourth-order valence-electron chi connectivity index (χ4n) is 2.87. The Morgan fingerprint density at radius 2 is 2.08 bits per heavy atom. The van der Waals surface area contributed by atoms with Crippen LogP contribution in [0.1, 0.15) is 25.1 Å². The highest BCUT2D eigenvalue weighted by Crippen LogP contribution is 2.29. The SMILES string of the molecule is CC(C)C(=O)NCC(=O)N1CCc2[nH]nc(-c3ccc(F)c(F)c3)c2C1. The van der Waals surface area contributed by atoms with Crippen molar-refractivity contribution in [3.05, 3.63) is 41.1 Å². The van der Waals surface area contributed by atoms with E-state index in [0.29, 0.717) is 30.8 Å². The molecule has 1 aliphatic heterocycles. The third kappa shape index (κ3) is 3.58. The molecule has 6 nitrogen and oxygen atoms in total. The molecule has 26 heavy (non-hydrogen) atoms. The van der Waals surface area contributed by atoms with Crippen molar-refractivity contribution in [2.24, 2.45) is 5.92 Å². The lowest BCUT2D eigenvalue weighted by molar-refractivity contribution is -0.134. The van der Waals surface area contributed by atoms with Crippen LogP contribution in [0, 0.1) is 17.6 Å². The number of carbonyl (C=O) groups excluding carboxylic acids is 2. The minimum absolute atomic E-state index is 0.0648. The summed E-state index contributed by atoms with van der Waals surface area (Å²) in [5.74, 6) is -2.43. The Kier molecular flexibility index (Phi) is 5.01. The van der Waals surface area contributed by atoms with Gasteiger partial charge in [0.1, 0.15) is 0 Å². The van der Waals surface area contributed by atoms with E-state index in [4.69, 9.17) is 0 Å². The third-order valence-electron chi connectivity index (χ3n) is 4.42. The molecule has 138 valence electrons. The first kappa shape index (κ1) is 18.0. The highest BCUT2D eigenvalue weighted by atomic mass is 19.2. The highest BCUT2D eigenvalue weighted by Gasteiger charge is 2.26. The van der Waals surface area contributed by atoms with Gasteiger partial charge in [-0.2, -0.15) is 5.10 Å². The van der Waals surface area contributed by atoms with E-state index < -0.39 is 11.6 Å². The number of halogens is 2. The minimum Gasteiger partial charge on any atom is -0.347 e. The number of fused-ring (bicyclic) bond motifs is 1. The second kappa shape index (κ2) is 7.23. The van der Waals surface area contributed by atoms with Gasteiger partial charge in [-0.25, -0.2) is 8.78 Å². The van der Waals surface area contributed by atoms with Crippen LogP contribution in [-0.2, 0) is 22.6 Å². The van der Waals surface area contributed by atoms with Gasteiger partial charge in [0.2, 0.25) is 11.8 Å². The Morgan fingerprint density at radius 3 is 2.77 bits per heavy atom. The van der Waals surface area contributed by atoms with Crippen molar-refractivity contribution in [3.63, 3.8) is 0 Å². The van der Waals surface area contributed by atoms with Gasteiger partial charge in [0.15, 0.2) is 11.6 Å². The number of hydrogen-bond acceptors (Lipinski definition) is 3. The zero-order valence-corrected chi connectivity index (χ0v) is 14.6. The zero-order chi connectivity index (χ0) is 18.8. The van der Waals surface area contributed by atoms with E-state index in [1.165, 1.54) is 6.07 Å². The Bertz CT molecular complexity index is 848. The maximum atomic E-state index is 13.5. The number of H-pyrrole nitrogens is 1. The van der Waals surface area contributed by atoms with E-state index in [1.807, 2.05) is 0 Å². The third-order valence-corrected chi connectivity index (χ3v) is 4.42. The second-order valence-electron chi connectivity index (χ2n) is 6.60. The number of nitrogens with one attached hydrogen (secondary N) is 2. The number of amides is 2. The summed E-state index contributed by atoms with van der Waals surface area (Å²) >= 11 is 0. The van der Waals surface area contributed by atoms with Gasteiger partial charge in [-0.15, -0.1) is 0 Å². The van der Waals surface area contributed by atoms with Gasteiger partial charge in [0.25, 0.3) is 0 Å². The molecule has 2 N–H and O–H groups in total. The molecule has 0 saturated carbocycles. The smallest absolute Gasteiger partial charge is 0.242 e. The molecule has 0 spiro atoms. The van der Waals surface area contributed by atoms with Crippen molar-refractivity contribution >= 4 is 11.8 Å². The van der Waals surface area contributed by atoms with Crippen LogP contribution in [0.3, 0.4) is 0 Å². The first-order chi connectivity index (χ1) is 12.4. The van der Waals surface area contributed by atoms with Crippen LogP contribution in [0.4, 0.5) is 8.78 Å². The van der Waals surface area contributed by atoms with E-state index >= 15 is 0 Å². The summed E-state index contributed by atoms with van der Waals surface area (Å²) in [7, 11) is 0. The first-order valence-corrected chi connectivity index (χ1v) is 8.44. The molecule has 0 radical (unpaired) electrons. The monoisotopic (exact) mass is 362 g/mol. The molecule has 0 unspecified atom stereocenters. The van der Waals surface area contributed by atoms with E-state index in [2.05, 4.69) is 15.5 Å². The fourth-order valence-corrected chi connectivity index (χ4v) is 2.87. The van der Waals surface area contributed by atoms with E-state index in [1.54, 1.807) is 18.7 Å². The molecule has 0 bridgehead atoms. The van der Waals surface area contributed by atoms with Gasteiger partial charge >= 0.3 is 0 Å². The van der Waals surface area contributed by atoms with E-state index in [0.717, 1.165) is 23.4 Å². The van der Waals surface area contributed by atoms with Crippen molar-refractivity contribution in [2.45, 2.75) is 26.8 Å². The molecule has 1 aliphatic rings. The van der Waals surface area contributed by atoms with E-state index in [-0.39, 0.29) is 24.3 Å². The maximum Gasteiger partial charge on any atom is 0.242 e. The topological polar surface area (TPSA) is 78.1 Å². The van der Waals surface area contributed by atoms with Crippen molar-refractivity contribution < 1.29 is 18.4 Å². The lowest BCUT2D eigenvalue weighted by Gasteiger charge is -2.27. The number of hydrogen-bond donors (Lipinski definition) is 2. The summed E-state index contributed by atoms with van der Waals surface area (Å²) in [6, 6.07) is 3.60. The van der Waals surface area contributed by atoms with Gasteiger partial charge in [-0.1, -0.05) is 13.8 Å². The average Bonchev–Trinajstić information content (AvgIpc) is 3.04. The van der Waals surface area contributed by atoms with Gasteiger partial charge in [-0.05, 0) is 18.2 Å². The number of rotatable bonds is 4. The summed E-state index contributed by atoms with van der Waals surface area (Å²) in [5.41, 5.74) is 2.61. The Morgan fingerprint density at radius 1 is 1.31 bits per heavy atom. The molecule has 1 aromatic heterocycles. The van der Waals surface area contributed by atoms with Gasteiger partial charge in [0, 0.05) is 42.2 Å². The number of carbonyl (C=O) groups is 2. The highest BCUT2D eigenvalue weighted by molar-refractivity contribution is 5.85. The Balaban J connectivity index is 1.75. The summed E-state index contributed by atoms with van der Waals surface area (Å²) in [4.78, 5) is 25.6. The van der Waals surface area contributed by atoms with E-state index in [9.17, 15) is 18.4 Å². The largest absolute Gasteiger partial charge is 0.347 e. The molecule has 0 saturated heterocycles. The summed E-state index contributed by atoms with van der Waals surface area (Å²) in [6.45, 7) is 4.25. The molecule has 2 heterocycles. The van der Waals surface area contributed by atoms with Gasteiger partial charge in [-0.3, -0.25) is 14.7 Å². The molecule has 8 heteroatoms. The number of benzene rings is 1. The van der Waals surface area contributed by atoms with Gasteiger partial charge < -0.3 is 10.2 Å². The molecular formula is C18H20F2N4O2. The van der Waals surface area contributed by atoms with Crippen LogP contribution in [0.15, 0.2) is 18.2 Å². The first-order valence-electron chi connectivity index (χ1n) is 8.44. The summed E-state index contributed by atoms with van der Waals surface area (Å²) in [5, 5.41) is 9.73.